The van der Waals surface area contributed by atoms with Crippen molar-refractivity contribution in [3.63, 3.8) is 0 Å². The average Bonchev–Trinajstić information content (AvgIpc) is 3.60. The molecule has 0 aliphatic heterocycles. The predicted octanol–water partition coefficient (Wildman–Crippen LogP) is 14.8. The van der Waals surface area contributed by atoms with Crippen LogP contribution in [-0.2, 0) is 0 Å². The van der Waals surface area contributed by atoms with Crippen LogP contribution < -0.4 is 4.90 Å². The fraction of sp³-hybridized carbons (Fsp3) is 0. The molecular weight excluding hydrogens is 647 g/mol. The van der Waals surface area contributed by atoms with Crippen molar-refractivity contribution in [1.82, 2.24) is 0 Å². The minimum atomic E-state index is 1.11. The summed E-state index contributed by atoms with van der Waals surface area (Å²) in [5.41, 5.74) is 10.7. The molecule has 244 valence electrons. The Hall–Kier alpha value is -6.48. The van der Waals surface area contributed by atoms with Gasteiger partial charge < -0.3 is 4.90 Å². The molecule has 1 nitrogen and oxygen atoms in total. The molecule has 9 aromatic carbocycles. The molecule has 2 heteroatoms. The Morgan fingerprint density at radius 1 is 0.308 bits per heavy atom. The monoisotopic (exact) mass is 679 g/mol. The lowest BCUT2D eigenvalue weighted by Gasteiger charge is -2.26. The molecule has 0 N–H and O–H groups in total. The van der Waals surface area contributed by atoms with E-state index in [2.05, 4.69) is 205 Å². The van der Waals surface area contributed by atoms with Gasteiger partial charge in [0.05, 0.1) is 0 Å². The van der Waals surface area contributed by atoms with Gasteiger partial charge in [0.15, 0.2) is 0 Å². The Morgan fingerprint density at radius 2 is 0.808 bits per heavy atom. The van der Waals surface area contributed by atoms with E-state index in [4.69, 9.17) is 0 Å². The fourth-order valence-electron chi connectivity index (χ4n) is 7.63. The minimum absolute atomic E-state index is 1.11. The summed E-state index contributed by atoms with van der Waals surface area (Å²) >= 11 is 1.89. The van der Waals surface area contributed by atoms with Gasteiger partial charge in [0.2, 0.25) is 0 Å². The highest BCUT2D eigenvalue weighted by Gasteiger charge is 2.15. The largest absolute Gasteiger partial charge is 0.311 e. The van der Waals surface area contributed by atoms with Crippen LogP contribution in [0.1, 0.15) is 0 Å². The highest BCUT2D eigenvalue weighted by Crippen LogP contribution is 2.42. The smallest absolute Gasteiger partial charge is 0.0462 e. The zero-order valence-electron chi connectivity index (χ0n) is 28.4. The number of rotatable bonds is 6. The highest BCUT2D eigenvalue weighted by atomic mass is 32.1. The molecule has 0 atom stereocenters. The van der Waals surface area contributed by atoms with Gasteiger partial charge in [-0.2, -0.15) is 0 Å². The number of hydrogen-bond donors (Lipinski definition) is 0. The van der Waals surface area contributed by atoms with Crippen LogP contribution in [0.15, 0.2) is 200 Å². The zero-order valence-corrected chi connectivity index (χ0v) is 29.2. The van der Waals surface area contributed by atoms with Crippen molar-refractivity contribution in [3.05, 3.63) is 200 Å². The van der Waals surface area contributed by atoms with Crippen molar-refractivity contribution in [2.24, 2.45) is 0 Å². The second-order valence-corrected chi connectivity index (χ2v) is 14.4. The lowest BCUT2D eigenvalue weighted by Crippen LogP contribution is -2.09. The molecule has 0 bridgehead atoms. The zero-order chi connectivity index (χ0) is 34.4. The number of anilines is 3. The van der Waals surface area contributed by atoms with Gasteiger partial charge in [-0.25, -0.2) is 0 Å². The van der Waals surface area contributed by atoms with E-state index in [0.717, 1.165) is 17.1 Å². The van der Waals surface area contributed by atoms with Gasteiger partial charge in [-0.1, -0.05) is 158 Å². The van der Waals surface area contributed by atoms with Gasteiger partial charge in [-0.05, 0) is 97.4 Å². The van der Waals surface area contributed by atoms with Gasteiger partial charge in [0.25, 0.3) is 0 Å². The maximum atomic E-state index is 2.36. The SMILES string of the molecule is c1ccc(-c2ccc(N(c3ccc(-c4ccc5c(c4)sc4c6ccccc6ccc54)cc3)c3ccc(-c4cccc5ccccc45)cc3)cc2)cc1. The molecular formula is C50H33NS. The first-order valence-corrected chi connectivity index (χ1v) is 18.6. The summed E-state index contributed by atoms with van der Waals surface area (Å²) in [5, 5.41) is 7.80. The molecule has 0 amide bonds. The number of nitrogens with zero attached hydrogens (tertiary/aromatic N) is 1. The van der Waals surface area contributed by atoms with E-state index < -0.39 is 0 Å². The Labute approximate surface area is 307 Å². The number of benzene rings is 9. The molecule has 0 aliphatic rings. The maximum Gasteiger partial charge on any atom is 0.0462 e. The lowest BCUT2D eigenvalue weighted by atomic mass is 9.98. The molecule has 0 saturated heterocycles. The van der Waals surface area contributed by atoms with Crippen molar-refractivity contribution >= 4 is 70.1 Å². The number of hydrogen-bond acceptors (Lipinski definition) is 2. The molecule has 0 saturated carbocycles. The quantitative estimate of drug-likeness (QED) is 0.169. The van der Waals surface area contributed by atoms with Crippen LogP contribution in [0.4, 0.5) is 17.1 Å². The fourth-order valence-corrected chi connectivity index (χ4v) is 8.91. The molecule has 0 aliphatic carbocycles. The third kappa shape index (κ3) is 5.33. The normalized spacial score (nSPS) is 11.5. The van der Waals surface area contributed by atoms with Crippen molar-refractivity contribution in [3.8, 4) is 33.4 Å². The summed E-state index contributed by atoms with van der Waals surface area (Å²) < 4.78 is 2.68. The van der Waals surface area contributed by atoms with Crippen LogP contribution in [0.3, 0.4) is 0 Å². The molecule has 1 heterocycles. The second-order valence-electron chi connectivity index (χ2n) is 13.3. The van der Waals surface area contributed by atoms with E-state index >= 15 is 0 Å². The third-order valence-corrected chi connectivity index (χ3v) is 11.5. The molecule has 0 spiro atoms. The Bertz CT molecular complexity index is 2860. The first-order valence-electron chi connectivity index (χ1n) is 17.8. The van der Waals surface area contributed by atoms with Crippen molar-refractivity contribution < 1.29 is 0 Å². The Kier molecular flexibility index (Phi) is 7.41. The number of fused-ring (bicyclic) bond motifs is 6. The van der Waals surface area contributed by atoms with E-state index in [1.165, 1.54) is 75.1 Å². The summed E-state index contributed by atoms with van der Waals surface area (Å²) in [4.78, 5) is 2.35. The van der Waals surface area contributed by atoms with Gasteiger partial charge in [-0.3, -0.25) is 0 Å². The molecule has 0 fully saturated rings. The first-order chi connectivity index (χ1) is 25.8. The number of thiophene rings is 1. The van der Waals surface area contributed by atoms with Gasteiger partial charge >= 0.3 is 0 Å². The third-order valence-electron chi connectivity index (χ3n) is 10.3. The highest BCUT2D eigenvalue weighted by molar-refractivity contribution is 7.26. The van der Waals surface area contributed by atoms with E-state index in [0.29, 0.717) is 0 Å². The van der Waals surface area contributed by atoms with E-state index in [9.17, 15) is 0 Å². The molecule has 1 aromatic heterocycles. The molecule has 10 rings (SSSR count). The lowest BCUT2D eigenvalue weighted by molar-refractivity contribution is 1.28. The van der Waals surface area contributed by atoms with Gasteiger partial charge in [-0.15, -0.1) is 11.3 Å². The van der Waals surface area contributed by atoms with Crippen molar-refractivity contribution in [2.45, 2.75) is 0 Å². The van der Waals surface area contributed by atoms with Crippen LogP contribution >= 0.6 is 11.3 Å². The standard InChI is InChI=1S/C50H33NS/c1-2-9-34(10-3-1)35-17-25-41(26-18-35)51(43-29-21-39(22-30-43)45-16-8-13-37-11-4-6-14-44(37)45)42-27-19-36(20-28-42)40-24-31-47-48-32-23-38-12-5-7-15-46(38)50(48)52-49(47)33-40/h1-33H. The maximum absolute atomic E-state index is 2.36. The average molecular weight is 680 g/mol. The summed E-state index contributed by atoms with van der Waals surface area (Å²) in [5.74, 6) is 0. The van der Waals surface area contributed by atoms with E-state index in [-0.39, 0.29) is 0 Å². The second kappa shape index (κ2) is 12.7. The van der Waals surface area contributed by atoms with Gasteiger partial charge in [0, 0.05) is 37.2 Å². The summed E-state index contributed by atoms with van der Waals surface area (Å²) in [6, 6.07) is 72.8. The van der Waals surface area contributed by atoms with Crippen molar-refractivity contribution in [2.75, 3.05) is 4.90 Å². The van der Waals surface area contributed by atoms with Crippen LogP contribution in [0.2, 0.25) is 0 Å². The Balaban J connectivity index is 1.03. The van der Waals surface area contributed by atoms with Gasteiger partial charge in [0.1, 0.15) is 0 Å². The Morgan fingerprint density at radius 3 is 1.50 bits per heavy atom. The molecule has 52 heavy (non-hydrogen) atoms. The first kappa shape index (κ1) is 30.4. The summed E-state index contributed by atoms with van der Waals surface area (Å²) in [7, 11) is 0. The van der Waals surface area contributed by atoms with E-state index in [1.807, 2.05) is 11.3 Å². The molecule has 10 aromatic rings. The topological polar surface area (TPSA) is 3.24 Å². The van der Waals surface area contributed by atoms with E-state index in [1.54, 1.807) is 0 Å². The summed E-state index contributed by atoms with van der Waals surface area (Å²) in [6.45, 7) is 0. The van der Waals surface area contributed by atoms with Crippen molar-refractivity contribution in [1.29, 1.82) is 0 Å². The molecule has 0 radical (unpaired) electrons. The van der Waals surface area contributed by atoms with Crippen LogP contribution in [-0.4, -0.2) is 0 Å². The predicted molar refractivity (Wildman–Crippen MR) is 225 cm³/mol. The molecule has 0 unspecified atom stereocenters. The minimum Gasteiger partial charge on any atom is -0.311 e. The van der Waals surface area contributed by atoms with Crippen LogP contribution in [0.5, 0.6) is 0 Å². The van der Waals surface area contributed by atoms with Crippen LogP contribution in [0.25, 0.3) is 75.1 Å². The summed E-state index contributed by atoms with van der Waals surface area (Å²) in [6.07, 6.45) is 0. The van der Waals surface area contributed by atoms with Crippen LogP contribution in [0, 0.1) is 0 Å².